The highest BCUT2D eigenvalue weighted by Crippen LogP contribution is 2.28. The Bertz CT molecular complexity index is 1050. The summed E-state index contributed by atoms with van der Waals surface area (Å²) in [4.78, 5) is 0. The first-order valence-electron chi connectivity index (χ1n) is 9.27. The molecule has 0 aliphatic carbocycles. The molecule has 136 valence electrons. The van der Waals surface area contributed by atoms with E-state index in [1.807, 2.05) is 48.5 Å². The Kier molecular flexibility index (Phi) is 5.17. The summed E-state index contributed by atoms with van der Waals surface area (Å²) in [6, 6.07) is 24.7. The van der Waals surface area contributed by atoms with Crippen molar-refractivity contribution < 1.29 is 4.74 Å². The zero-order valence-electron chi connectivity index (χ0n) is 15.4. The SMILES string of the molecule is CCc1cc2c(OCc3ccccc3)cccn2c1Cc1cccc(Cl)c1. The van der Waals surface area contributed by atoms with Gasteiger partial charge in [0.1, 0.15) is 12.4 Å². The van der Waals surface area contributed by atoms with Crippen LogP contribution in [0.1, 0.15) is 29.3 Å². The van der Waals surface area contributed by atoms with Crippen molar-refractivity contribution in [2.24, 2.45) is 0 Å². The summed E-state index contributed by atoms with van der Waals surface area (Å²) in [5, 5.41) is 0.776. The molecule has 27 heavy (non-hydrogen) atoms. The van der Waals surface area contributed by atoms with Crippen LogP contribution in [0.5, 0.6) is 5.75 Å². The highest BCUT2D eigenvalue weighted by Gasteiger charge is 2.13. The summed E-state index contributed by atoms with van der Waals surface area (Å²) in [5.74, 6) is 0.911. The minimum atomic E-state index is 0.566. The predicted octanol–water partition coefficient (Wildman–Crippen LogP) is 6.32. The summed E-state index contributed by atoms with van der Waals surface area (Å²) in [7, 11) is 0. The largest absolute Gasteiger partial charge is 0.487 e. The first-order valence-corrected chi connectivity index (χ1v) is 9.65. The molecule has 2 heterocycles. The second-order valence-corrected chi connectivity index (χ2v) is 7.11. The molecule has 0 aliphatic heterocycles. The van der Waals surface area contributed by atoms with E-state index in [1.54, 1.807) is 0 Å². The molecule has 0 radical (unpaired) electrons. The van der Waals surface area contributed by atoms with Crippen LogP contribution in [0.25, 0.3) is 5.52 Å². The predicted molar refractivity (Wildman–Crippen MR) is 112 cm³/mol. The summed E-state index contributed by atoms with van der Waals surface area (Å²) >= 11 is 6.17. The van der Waals surface area contributed by atoms with Crippen molar-refractivity contribution in [3.63, 3.8) is 0 Å². The number of ether oxygens (including phenoxy) is 1. The van der Waals surface area contributed by atoms with Gasteiger partial charge in [0, 0.05) is 23.3 Å². The highest BCUT2D eigenvalue weighted by atomic mass is 35.5. The van der Waals surface area contributed by atoms with Crippen LogP contribution < -0.4 is 4.74 Å². The number of aryl methyl sites for hydroxylation is 1. The van der Waals surface area contributed by atoms with Crippen LogP contribution in [0.15, 0.2) is 79.0 Å². The van der Waals surface area contributed by atoms with Gasteiger partial charge in [-0.3, -0.25) is 0 Å². The molecule has 0 fully saturated rings. The Labute approximate surface area is 165 Å². The number of rotatable bonds is 6. The van der Waals surface area contributed by atoms with Crippen molar-refractivity contribution in [2.75, 3.05) is 0 Å². The quantitative estimate of drug-likeness (QED) is 0.384. The summed E-state index contributed by atoms with van der Waals surface area (Å²) in [6.45, 7) is 2.76. The number of pyridine rings is 1. The molecule has 0 saturated heterocycles. The van der Waals surface area contributed by atoms with Gasteiger partial charge < -0.3 is 9.14 Å². The van der Waals surface area contributed by atoms with Gasteiger partial charge in [-0.1, -0.05) is 61.0 Å². The Balaban J connectivity index is 1.68. The Morgan fingerprint density at radius 1 is 0.889 bits per heavy atom. The van der Waals surface area contributed by atoms with E-state index < -0.39 is 0 Å². The van der Waals surface area contributed by atoms with Crippen molar-refractivity contribution in [1.29, 1.82) is 0 Å². The fourth-order valence-corrected chi connectivity index (χ4v) is 3.70. The second kappa shape index (κ2) is 7.89. The lowest BCUT2D eigenvalue weighted by molar-refractivity contribution is 0.309. The molecule has 0 aliphatic rings. The molecule has 0 bridgehead atoms. The van der Waals surface area contributed by atoms with Crippen molar-refractivity contribution in [3.8, 4) is 5.75 Å². The minimum absolute atomic E-state index is 0.566. The Morgan fingerprint density at radius 3 is 2.48 bits per heavy atom. The zero-order chi connectivity index (χ0) is 18.6. The molecule has 0 N–H and O–H groups in total. The van der Waals surface area contributed by atoms with E-state index in [2.05, 4.69) is 41.8 Å². The van der Waals surface area contributed by atoms with E-state index in [-0.39, 0.29) is 0 Å². The average Bonchev–Trinajstić information content (AvgIpc) is 3.05. The Hall–Kier alpha value is -2.71. The smallest absolute Gasteiger partial charge is 0.143 e. The third kappa shape index (κ3) is 3.86. The molecule has 4 rings (SSSR count). The minimum Gasteiger partial charge on any atom is -0.487 e. The molecular weight excluding hydrogens is 354 g/mol. The lowest BCUT2D eigenvalue weighted by Crippen LogP contribution is -2.00. The molecule has 2 nitrogen and oxygen atoms in total. The van der Waals surface area contributed by atoms with Crippen LogP contribution in [-0.4, -0.2) is 4.40 Å². The van der Waals surface area contributed by atoms with Gasteiger partial charge in [0.15, 0.2) is 0 Å². The first-order chi connectivity index (χ1) is 13.2. The number of halogens is 1. The standard InChI is InChI=1S/C24H22ClNO/c1-2-20-16-23-24(27-17-18-8-4-3-5-9-18)12-7-13-26(23)22(20)15-19-10-6-11-21(25)14-19/h3-14,16H,2,15,17H2,1H3. The van der Waals surface area contributed by atoms with Gasteiger partial charge in [-0.05, 0) is 53.4 Å². The molecular formula is C24H22ClNO. The molecule has 2 aromatic heterocycles. The average molecular weight is 376 g/mol. The van der Waals surface area contributed by atoms with Crippen LogP contribution in [0.2, 0.25) is 5.02 Å². The third-order valence-corrected chi connectivity index (χ3v) is 5.08. The lowest BCUT2D eigenvalue weighted by atomic mass is 10.1. The fraction of sp³-hybridized carbons (Fsp3) is 0.167. The maximum Gasteiger partial charge on any atom is 0.143 e. The zero-order valence-corrected chi connectivity index (χ0v) is 16.1. The number of fused-ring (bicyclic) bond motifs is 1. The van der Waals surface area contributed by atoms with E-state index in [9.17, 15) is 0 Å². The maximum absolute atomic E-state index is 6.17. The molecule has 3 heteroatoms. The molecule has 0 atom stereocenters. The maximum atomic E-state index is 6.17. The topological polar surface area (TPSA) is 13.6 Å². The molecule has 0 amide bonds. The van der Waals surface area contributed by atoms with E-state index in [1.165, 1.54) is 22.4 Å². The molecule has 0 saturated carbocycles. The molecule has 2 aromatic carbocycles. The van der Waals surface area contributed by atoms with Crippen molar-refractivity contribution in [2.45, 2.75) is 26.4 Å². The second-order valence-electron chi connectivity index (χ2n) is 6.68. The van der Waals surface area contributed by atoms with Crippen molar-refractivity contribution in [3.05, 3.63) is 106 Å². The number of hydrogen-bond acceptors (Lipinski definition) is 1. The number of benzene rings is 2. The molecule has 0 unspecified atom stereocenters. The van der Waals surface area contributed by atoms with Crippen LogP contribution >= 0.6 is 11.6 Å². The first kappa shape index (κ1) is 17.7. The van der Waals surface area contributed by atoms with E-state index in [0.717, 1.165) is 29.1 Å². The van der Waals surface area contributed by atoms with Crippen LogP contribution in [0.4, 0.5) is 0 Å². The van der Waals surface area contributed by atoms with Gasteiger partial charge >= 0.3 is 0 Å². The Morgan fingerprint density at radius 2 is 1.70 bits per heavy atom. The highest BCUT2D eigenvalue weighted by molar-refractivity contribution is 6.30. The molecule has 0 spiro atoms. The summed E-state index contributed by atoms with van der Waals surface area (Å²) in [5.41, 5.74) is 6.13. The van der Waals surface area contributed by atoms with Gasteiger partial charge in [0.2, 0.25) is 0 Å². The van der Waals surface area contributed by atoms with Gasteiger partial charge in [0.05, 0.1) is 5.52 Å². The van der Waals surface area contributed by atoms with Crippen molar-refractivity contribution in [1.82, 2.24) is 4.40 Å². The monoisotopic (exact) mass is 375 g/mol. The van der Waals surface area contributed by atoms with E-state index >= 15 is 0 Å². The summed E-state index contributed by atoms with van der Waals surface area (Å²) in [6.07, 6.45) is 3.94. The molecule has 4 aromatic rings. The van der Waals surface area contributed by atoms with E-state index in [4.69, 9.17) is 16.3 Å². The lowest BCUT2D eigenvalue weighted by Gasteiger charge is -2.10. The van der Waals surface area contributed by atoms with Gasteiger partial charge in [-0.15, -0.1) is 0 Å². The normalized spacial score (nSPS) is 11.0. The van der Waals surface area contributed by atoms with Gasteiger partial charge in [-0.2, -0.15) is 0 Å². The van der Waals surface area contributed by atoms with Gasteiger partial charge in [-0.25, -0.2) is 0 Å². The van der Waals surface area contributed by atoms with Crippen LogP contribution in [0.3, 0.4) is 0 Å². The number of nitrogens with zero attached hydrogens (tertiary/aromatic N) is 1. The number of hydrogen-bond donors (Lipinski definition) is 0. The van der Waals surface area contributed by atoms with E-state index in [0.29, 0.717) is 6.61 Å². The third-order valence-electron chi connectivity index (χ3n) is 4.85. The number of aromatic nitrogens is 1. The summed E-state index contributed by atoms with van der Waals surface area (Å²) < 4.78 is 8.40. The van der Waals surface area contributed by atoms with Crippen LogP contribution in [-0.2, 0) is 19.4 Å². The van der Waals surface area contributed by atoms with Crippen LogP contribution in [0, 0.1) is 0 Å². The fourth-order valence-electron chi connectivity index (χ4n) is 3.48. The van der Waals surface area contributed by atoms with Crippen molar-refractivity contribution >= 4 is 17.1 Å². The van der Waals surface area contributed by atoms with Gasteiger partial charge in [0.25, 0.3) is 0 Å².